The van der Waals surface area contributed by atoms with Crippen molar-refractivity contribution in [2.75, 3.05) is 0 Å². The summed E-state index contributed by atoms with van der Waals surface area (Å²) in [5, 5.41) is 3.31. The molecule has 0 aliphatic heterocycles. The second kappa shape index (κ2) is 12.8. The van der Waals surface area contributed by atoms with Gasteiger partial charge < -0.3 is 13.6 Å². The van der Waals surface area contributed by atoms with Crippen molar-refractivity contribution in [3.8, 4) is 0 Å². The van der Waals surface area contributed by atoms with E-state index in [0.717, 1.165) is 0 Å². The van der Waals surface area contributed by atoms with Gasteiger partial charge in [-0.2, -0.15) is 0 Å². The third-order valence-corrected chi connectivity index (χ3v) is 0.667. The Morgan fingerprint density at radius 3 is 1.10 bits per heavy atom. The number of hydrogen-bond donors (Lipinski definition) is 1. The summed E-state index contributed by atoms with van der Waals surface area (Å²) < 4.78 is 0. The molecule has 0 heterocycles. The van der Waals surface area contributed by atoms with E-state index in [-0.39, 0.29) is 46.1 Å². The van der Waals surface area contributed by atoms with E-state index >= 15 is 0 Å². The SMILES string of the molecule is CC(C)NC(C)C.O.[H-].[H-].[Li+].[Li+]. The maximum absolute atomic E-state index is 3.31. The van der Waals surface area contributed by atoms with Crippen molar-refractivity contribution in [3.63, 3.8) is 0 Å². The third-order valence-electron chi connectivity index (χ3n) is 0.667. The largest absolute Gasteiger partial charge is 1.00 e. The Kier molecular flexibility index (Phi) is 28.7. The van der Waals surface area contributed by atoms with Crippen molar-refractivity contribution in [2.45, 2.75) is 39.8 Å². The molecule has 0 unspecified atom stereocenters. The first-order valence-corrected chi connectivity index (χ1v) is 2.89. The average molecular weight is 135 g/mol. The van der Waals surface area contributed by atoms with Crippen LogP contribution in [-0.2, 0) is 0 Å². The second-order valence-electron chi connectivity index (χ2n) is 2.48. The molecule has 56 valence electrons. The van der Waals surface area contributed by atoms with E-state index in [1.807, 2.05) is 0 Å². The summed E-state index contributed by atoms with van der Waals surface area (Å²) in [6.07, 6.45) is 0. The average Bonchev–Trinajstić information content (AvgIpc) is 1.27. The van der Waals surface area contributed by atoms with Crippen molar-refractivity contribution >= 4 is 0 Å². The minimum absolute atomic E-state index is 0. The number of rotatable bonds is 2. The zero-order chi connectivity index (χ0) is 5.86. The van der Waals surface area contributed by atoms with Crippen LogP contribution in [0.2, 0.25) is 0 Å². The summed E-state index contributed by atoms with van der Waals surface area (Å²) in [5.74, 6) is 0. The van der Waals surface area contributed by atoms with Gasteiger partial charge in [0.25, 0.3) is 0 Å². The second-order valence-corrected chi connectivity index (χ2v) is 2.48. The topological polar surface area (TPSA) is 43.5 Å². The molecule has 4 heteroatoms. The van der Waals surface area contributed by atoms with Crippen LogP contribution in [0.3, 0.4) is 0 Å². The minimum atomic E-state index is 0. The molecule has 0 radical (unpaired) electrons. The maximum Gasteiger partial charge on any atom is 1.00 e. The predicted molar refractivity (Wildman–Crippen MR) is 39.2 cm³/mol. The van der Waals surface area contributed by atoms with Gasteiger partial charge >= 0.3 is 37.7 Å². The molecule has 3 N–H and O–H groups in total. The van der Waals surface area contributed by atoms with Gasteiger partial charge in [0.15, 0.2) is 0 Å². The van der Waals surface area contributed by atoms with Crippen molar-refractivity contribution in [1.82, 2.24) is 5.32 Å². The van der Waals surface area contributed by atoms with E-state index in [2.05, 4.69) is 33.0 Å². The molecule has 0 aliphatic carbocycles. The van der Waals surface area contributed by atoms with E-state index in [9.17, 15) is 0 Å². The molecule has 10 heavy (non-hydrogen) atoms. The van der Waals surface area contributed by atoms with Gasteiger partial charge in [0.05, 0.1) is 0 Å². The first kappa shape index (κ1) is 22.5. The molecular formula is C6H19Li2NO. The summed E-state index contributed by atoms with van der Waals surface area (Å²) in [7, 11) is 0. The smallest absolute Gasteiger partial charge is 1.00 e. The molecule has 0 rings (SSSR count). The monoisotopic (exact) mass is 135 g/mol. The zero-order valence-electron chi connectivity index (χ0n) is 10.2. The van der Waals surface area contributed by atoms with Crippen molar-refractivity contribution < 1.29 is 46.1 Å². The van der Waals surface area contributed by atoms with Crippen LogP contribution in [-0.4, -0.2) is 17.6 Å². The van der Waals surface area contributed by atoms with E-state index in [1.54, 1.807) is 0 Å². The zero-order valence-corrected chi connectivity index (χ0v) is 8.15. The molecule has 0 amide bonds. The molecular weight excluding hydrogens is 116 g/mol. The summed E-state index contributed by atoms with van der Waals surface area (Å²) in [4.78, 5) is 0. The Morgan fingerprint density at radius 1 is 0.900 bits per heavy atom. The minimum Gasteiger partial charge on any atom is -1.00 e. The normalized spacial score (nSPS) is 7.80. The number of nitrogens with one attached hydrogen (secondary N) is 1. The molecule has 0 saturated heterocycles. The molecule has 0 saturated carbocycles. The molecule has 0 aromatic carbocycles. The summed E-state index contributed by atoms with van der Waals surface area (Å²) in [6, 6.07) is 1.25. The summed E-state index contributed by atoms with van der Waals surface area (Å²) in [6.45, 7) is 8.61. The van der Waals surface area contributed by atoms with Gasteiger partial charge in [-0.25, -0.2) is 0 Å². The maximum atomic E-state index is 3.31. The standard InChI is InChI=1S/C6H15N.2Li.H2O.2H/c1-5(2)7-6(3)4;;;;;/h5-7H,1-4H3;;;1H2;;/q;2*+1;;2*-1. The molecule has 0 fully saturated rings. The van der Waals surface area contributed by atoms with Crippen LogP contribution in [0.5, 0.6) is 0 Å². The molecule has 0 aromatic heterocycles. The van der Waals surface area contributed by atoms with Gasteiger partial charge in [-0.15, -0.1) is 0 Å². The summed E-state index contributed by atoms with van der Waals surface area (Å²) in [5.41, 5.74) is 0. The molecule has 0 aromatic rings. The fourth-order valence-electron chi connectivity index (χ4n) is 0.667. The van der Waals surface area contributed by atoms with Crippen LogP contribution in [0.15, 0.2) is 0 Å². The quantitative estimate of drug-likeness (QED) is 0.378. The van der Waals surface area contributed by atoms with Crippen LogP contribution < -0.4 is 43.0 Å². The predicted octanol–water partition coefficient (Wildman–Crippen LogP) is -5.20. The van der Waals surface area contributed by atoms with Crippen molar-refractivity contribution in [3.05, 3.63) is 0 Å². The molecule has 0 atom stereocenters. The number of hydrogen-bond acceptors (Lipinski definition) is 1. The van der Waals surface area contributed by atoms with Crippen LogP contribution in [0.25, 0.3) is 0 Å². The first-order chi connectivity index (χ1) is 3.13. The van der Waals surface area contributed by atoms with E-state index < -0.39 is 0 Å². The van der Waals surface area contributed by atoms with Crippen molar-refractivity contribution in [1.29, 1.82) is 0 Å². The third kappa shape index (κ3) is 22.9. The van der Waals surface area contributed by atoms with Crippen LogP contribution in [0, 0.1) is 0 Å². The van der Waals surface area contributed by atoms with Gasteiger partial charge in [0.1, 0.15) is 0 Å². The van der Waals surface area contributed by atoms with Gasteiger partial charge in [-0.3, -0.25) is 0 Å². The Hall–Kier alpha value is 1.11. The van der Waals surface area contributed by atoms with Crippen LogP contribution in [0.4, 0.5) is 0 Å². The van der Waals surface area contributed by atoms with Crippen molar-refractivity contribution in [2.24, 2.45) is 0 Å². The Morgan fingerprint density at radius 2 is 1.10 bits per heavy atom. The molecule has 2 nitrogen and oxygen atoms in total. The fourth-order valence-corrected chi connectivity index (χ4v) is 0.667. The summed E-state index contributed by atoms with van der Waals surface area (Å²) >= 11 is 0. The molecule has 0 spiro atoms. The first-order valence-electron chi connectivity index (χ1n) is 2.89. The van der Waals surface area contributed by atoms with Gasteiger partial charge in [0.2, 0.25) is 0 Å². The van der Waals surface area contributed by atoms with E-state index in [0.29, 0.717) is 12.1 Å². The Bertz CT molecular complexity index is 52.8. The Balaban J connectivity index is -0.0000000180. The Labute approximate surface area is 91.2 Å². The van der Waals surface area contributed by atoms with Gasteiger partial charge in [0, 0.05) is 12.1 Å². The molecule has 0 aliphatic rings. The van der Waals surface area contributed by atoms with Crippen LogP contribution in [0.1, 0.15) is 30.5 Å². The van der Waals surface area contributed by atoms with Gasteiger partial charge in [-0.1, -0.05) is 27.7 Å². The van der Waals surface area contributed by atoms with Gasteiger partial charge in [-0.05, 0) is 0 Å². The van der Waals surface area contributed by atoms with E-state index in [4.69, 9.17) is 0 Å². The van der Waals surface area contributed by atoms with E-state index in [1.165, 1.54) is 0 Å². The van der Waals surface area contributed by atoms with Crippen LogP contribution >= 0.6 is 0 Å². The molecule has 0 bridgehead atoms. The fraction of sp³-hybridized carbons (Fsp3) is 1.00.